The van der Waals surface area contributed by atoms with E-state index in [4.69, 9.17) is 11.6 Å². The van der Waals surface area contributed by atoms with Gasteiger partial charge >= 0.3 is 5.35 Å². The van der Waals surface area contributed by atoms with Gasteiger partial charge in [0.1, 0.15) is 11.6 Å². The SMILES string of the molecule is Fc1cccc(F)c1-c1noc(Cl)n1. The zero-order valence-electron chi connectivity index (χ0n) is 6.67. The third kappa shape index (κ3) is 1.46. The zero-order chi connectivity index (χ0) is 10.1. The molecular formula is C8H3ClF2N2O. The van der Waals surface area contributed by atoms with Crippen molar-refractivity contribution in [3.05, 3.63) is 35.2 Å². The highest BCUT2D eigenvalue weighted by Gasteiger charge is 2.16. The van der Waals surface area contributed by atoms with Crippen molar-refractivity contribution in [1.29, 1.82) is 0 Å². The first-order valence-corrected chi connectivity index (χ1v) is 4.00. The Bertz CT molecular complexity index is 452. The molecule has 0 saturated carbocycles. The van der Waals surface area contributed by atoms with E-state index in [1.165, 1.54) is 6.07 Å². The van der Waals surface area contributed by atoms with Crippen LogP contribution in [0.4, 0.5) is 8.78 Å². The van der Waals surface area contributed by atoms with Crippen LogP contribution in [-0.2, 0) is 0 Å². The van der Waals surface area contributed by atoms with Gasteiger partial charge in [0, 0.05) is 0 Å². The molecule has 0 saturated heterocycles. The van der Waals surface area contributed by atoms with Crippen molar-refractivity contribution in [2.45, 2.75) is 0 Å². The number of hydrogen-bond donors (Lipinski definition) is 0. The number of benzene rings is 1. The van der Waals surface area contributed by atoms with Crippen LogP contribution in [0.5, 0.6) is 0 Å². The normalized spacial score (nSPS) is 10.5. The van der Waals surface area contributed by atoms with Gasteiger partial charge in [0.25, 0.3) is 0 Å². The maximum Gasteiger partial charge on any atom is 0.320 e. The molecule has 3 nitrogen and oxygen atoms in total. The number of aromatic nitrogens is 2. The van der Waals surface area contributed by atoms with Gasteiger partial charge in [-0.15, -0.1) is 0 Å². The summed E-state index contributed by atoms with van der Waals surface area (Å²) < 4.78 is 30.7. The summed E-state index contributed by atoms with van der Waals surface area (Å²) in [5.41, 5.74) is -0.344. The minimum Gasteiger partial charge on any atom is -0.321 e. The Hall–Kier alpha value is -1.49. The summed E-state index contributed by atoms with van der Waals surface area (Å²) in [5, 5.41) is 3.05. The Morgan fingerprint density at radius 2 is 1.86 bits per heavy atom. The van der Waals surface area contributed by atoms with Gasteiger partial charge in [0.2, 0.25) is 5.82 Å². The van der Waals surface area contributed by atoms with E-state index in [1.807, 2.05) is 0 Å². The summed E-state index contributed by atoms with van der Waals surface area (Å²) >= 11 is 5.33. The second-order valence-electron chi connectivity index (χ2n) is 2.47. The van der Waals surface area contributed by atoms with E-state index >= 15 is 0 Å². The van der Waals surface area contributed by atoms with E-state index in [-0.39, 0.29) is 16.7 Å². The highest BCUT2D eigenvalue weighted by molar-refractivity contribution is 6.27. The second-order valence-corrected chi connectivity index (χ2v) is 2.79. The maximum atomic E-state index is 13.1. The van der Waals surface area contributed by atoms with E-state index in [0.29, 0.717) is 0 Å². The van der Waals surface area contributed by atoms with Crippen molar-refractivity contribution in [2.24, 2.45) is 0 Å². The molecule has 0 bridgehead atoms. The van der Waals surface area contributed by atoms with Crippen LogP contribution in [0.15, 0.2) is 22.7 Å². The van der Waals surface area contributed by atoms with Crippen LogP contribution in [0.2, 0.25) is 5.35 Å². The van der Waals surface area contributed by atoms with Gasteiger partial charge in [-0.1, -0.05) is 11.2 Å². The van der Waals surface area contributed by atoms with Crippen molar-refractivity contribution in [3.63, 3.8) is 0 Å². The molecule has 1 heterocycles. The Balaban J connectivity index is 2.61. The molecule has 0 amide bonds. The third-order valence-electron chi connectivity index (χ3n) is 1.59. The number of halogens is 3. The monoisotopic (exact) mass is 216 g/mol. The summed E-state index contributed by atoms with van der Waals surface area (Å²) in [6, 6.07) is 3.45. The lowest BCUT2D eigenvalue weighted by molar-refractivity contribution is 0.420. The molecule has 0 aliphatic heterocycles. The molecule has 0 unspecified atom stereocenters. The first-order valence-electron chi connectivity index (χ1n) is 3.62. The van der Waals surface area contributed by atoms with Crippen LogP contribution < -0.4 is 0 Å². The standard InChI is InChI=1S/C8H3ClF2N2O/c9-8-12-7(13-14-8)6-4(10)2-1-3-5(6)11/h1-3H. The third-order valence-corrected chi connectivity index (χ3v) is 1.74. The molecule has 0 aliphatic rings. The molecule has 0 spiro atoms. The van der Waals surface area contributed by atoms with Gasteiger partial charge in [-0.25, -0.2) is 8.78 Å². The Morgan fingerprint density at radius 3 is 2.36 bits per heavy atom. The predicted octanol–water partition coefficient (Wildman–Crippen LogP) is 2.67. The first-order chi connectivity index (χ1) is 6.68. The van der Waals surface area contributed by atoms with Crippen LogP contribution in [0.1, 0.15) is 0 Å². The minimum atomic E-state index is -0.762. The fourth-order valence-electron chi connectivity index (χ4n) is 1.02. The van der Waals surface area contributed by atoms with Crippen molar-refractivity contribution < 1.29 is 13.3 Å². The van der Waals surface area contributed by atoms with Gasteiger partial charge < -0.3 is 4.52 Å². The molecule has 1 aromatic carbocycles. The molecule has 0 N–H and O–H groups in total. The fraction of sp³-hybridized carbons (Fsp3) is 0. The van der Waals surface area contributed by atoms with Crippen molar-refractivity contribution in [2.75, 3.05) is 0 Å². The molecular weight excluding hydrogens is 214 g/mol. The first kappa shape index (κ1) is 9.08. The fourth-order valence-corrected chi connectivity index (χ4v) is 1.13. The smallest absolute Gasteiger partial charge is 0.320 e. The lowest BCUT2D eigenvalue weighted by Gasteiger charge is -1.97. The lowest BCUT2D eigenvalue weighted by atomic mass is 10.2. The number of nitrogens with zero attached hydrogens (tertiary/aromatic N) is 2. The summed E-state index contributed by atoms with van der Waals surface area (Å²) in [7, 11) is 0. The van der Waals surface area contributed by atoms with Gasteiger partial charge in [-0.05, 0) is 23.7 Å². The highest BCUT2D eigenvalue weighted by atomic mass is 35.5. The topological polar surface area (TPSA) is 38.9 Å². The molecule has 1 aromatic heterocycles. The van der Waals surface area contributed by atoms with Crippen LogP contribution in [0.3, 0.4) is 0 Å². The number of hydrogen-bond acceptors (Lipinski definition) is 3. The summed E-state index contributed by atoms with van der Waals surface area (Å²) in [6.45, 7) is 0. The van der Waals surface area contributed by atoms with Gasteiger partial charge in [0.15, 0.2) is 0 Å². The molecule has 14 heavy (non-hydrogen) atoms. The molecule has 72 valence electrons. The molecule has 6 heteroatoms. The van der Waals surface area contributed by atoms with Crippen molar-refractivity contribution in [1.82, 2.24) is 10.1 Å². The van der Waals surface area contributed by atoms with Gasteiger partial charge in [0.05, 0.1) is 5.56 Å². The largest absolute Gasteiger partial charge is 0.321 e. The van der Waals surface area contributed by atoms with E-state index in [2.05, 4.69) is 14.7 Å². The highest BCUT2D eigenvalue weighted by Crippen LogP contribution is 2.23. The summed E-state index contributed by atoms with van der Waals surface area (Å²) in [6.07, 6.45) is 0. The van der Waals surface area contributed by atoms with Crippen LogP contribution in [0.25, 0.3) is 11.4 Å². The lowest BCUT2D eigenvalue weighted by Crippen LogP contribution is -1.90. The molecule has 0 atom stereocenters. The van der Waals surface area contributed by atoms with Crippen molar-refractivity contribution in [3.8, 4) is 11.4 Å². The van der Waals surface area contributed by atoms with Crippen LogP contribution >= 0.6 is 11.6 Å². The maximum absolute atomic E-state index is 13.1. The molecule has 0 aliphatic carbocycles. The molecule has 0 fully saturated rings. The van der Waals surface area contributed by atoms with E-state index < -0.39 is 11.6 Å². The quantitative estimate of drug-likeness (QED) is 0.736. The minimum absolute atomic E-state index is 0.203. The molecule has 0 radical (unpaired) electrons. The molecule has 2 aromatic rings. The van der Waals surface area contributed by atoms with E-state index in [9.17, 15) is 8.78 Å². The van der Waals surface area contributed by atoms with E-state index in [1.54, 1.807) is 0 Å². The van der Waals surface area contributed by atoms with Crippen molar-refractivity contribution >= 4 is 11.6 Å². The Kier molecular flexibility index (Phi) is 2.17. The average molecular weight is 217 g/mol. The number of rotatable bonds is 1. The zero-order valence-corrected chi connectivity index (χ0v) is 7.42. The van der Waals surface area contributed by atoms with Gasteiger partial charge in [-0.3, -0.25) is 0 Å². The summed E-state index contributed by atoms with van der Waals surface area (Å²) in [4.78, 5) is 3.51. The average Bonchev–Trinajstić information content (AvgIpc) is 2.51. The van der Waals surface area contributed by atoms with Crippen LogP contribution in [-0.4, -0.2) is 10.1 Å². The van der Waals surface area contributed by atoms with Crippen LogP contribution in [0, 0.1) is 11.6 Å². The Morgan fingerprint density at radius 1 is 1.21 bits per heavy atom. The second kappa shape index (κ2) is 3.34. The van der Waals surface area contributed by atoms with E-state index in [0.717, 1.165) is 12.1 Å². The predicted molar refractivity (Wildman–Crippen MR) is 44.7 cm³/mol. The Labute approximate surface area is 82.3 Å². The summed E-state index contributed by atoms with van der Waals surface area (Å²) in [5.74, 6) is -1.73. The molecule has 2 rings (SSSR count). The van der Waals surface area contributed by atoms with Gasteiger partial charge in [-0.2, -0.15) is 4.98 Å².